The number of carbonyl (C=O) groups excluding carboxylic acids is 2. The van der Waals surface area contributed by atoms with Crippen LogP contribution in [0.5, 0.6) is 0 Å². The molecule has 1 saturated heterocycles. The van der Waals surface area contributed by atoms with Crippen LogP contribution in [0.4, 0.5) is 0 Å². The Hall–Kier alpha value is -3.40. The number of hydrogen-bond donors (Lipinski definition) is 0. The van der Waals surface area contributed by atoms with E-state index in [-0.39, 0.29) is 11.8 Å². The molecular formula is C27H28N2O2. The summed E-state index contributed by atoms with van der Waals surface area (Å²) in [4.78, 5) is 29.8. The maximum atomic E-state index is 13.3. The zero-order valence-corrected chi connectivity index (χ0v) is 18.1. The summed E-state index contributed by atoms with van der Waals surface area (Å²) < 4.78 is 0. The van der Waals surface area contributed by atoms with Crippen LogP contribution in [0, 0.1) is 5.41 Å². The van der Waals surface area contributed by atoms with Gasteiger partial charge in [-0.15, -0.1) is 0 Å². The maximum absolute atomic E-state index is 13.3. The van der Waals surface area contributed by atoms with Crippen molar-refractivity contribution >= 4 is 11.8 Å². The number of amides is 2. The van der Waals surface area contributed by atoms with Crippen LogP contribution < -0.4 is 0 Å². The summed E-state index contributed by atoms with van der Waals surface area (Å²) in [6.07, 6.45) is 1.28. The van der Waals surface area contributed by atoms with E-state index in [0.29, 0.717) is 31.5 Å². The second-order valence-corrected chi connectivity index (χ2v) is 8.57. The lowest BCUT2D eigenvalue weighted by Crippen LogP contribution is -2.44. The van der Waals surface area contributed by atoms with Crippen molar-refractivity contribution in [2.75, 3.05) is 27.2 Å². The summed E-state index contributed by atoms with van der Waals surface area (Å²) >= 11 is 0. The van der Waals surface area contributed by atoms with Crippen molar-refractivity contribution in [2.24, 2.45) is 5.41 Å². The Balaban J connectivity index is 1.61. The highest BCUT2D eigenvalue weighted by atomic mass is 16.2. The van der Waals surface area contributed by atoms with Crippen molar-refractivity contribution in [2.45, 2.75) is 12.8 Å². The minimum absolute atomic E-state index is 0.00735. The predicted molar refractivity (Wildman–Crippen MR) is 124 cm³/mol. The van der Waals surface area contributed by atoms with Crippen molar-refractivity contribution < 1.29 is 9.59 Å². The van der Waals surface area contributed by atoms with Gasteiger partial charge < -0.3 is 9.80 Å². The number of likely N-dealkylation sites (tertiary alicyclic amines) is 1. The van der Waals surface area contributed by atoms with Crippen LogP contribution in [-0.4, -0.2) is 48.8 Å². The SMILES string of the molecule is CN(C)C(=O)[C@@]1(Cc2cccc(-c3ccccc3)c2)CCN(C(=O)c2ccccc2)C1. The van der Waals surface area contributed by atoms with Crippen molar-refractivity contribution in [1.29, 1.82) is 0 Å². The standard InChI is InChI=1S/C27H28N2O2/c1-28(2)26(31)27(16-17-29(20-27)25(30)23-13-7-4-8-14-23)19-21-10-9-15-24(18-21)22-11-5-3-6-12-22/h3-15,18H,16-17,19-20H2,1-2H3/t27-/m1/s1. The molecule has 0 aromatic heterocycles. The number of rotatable bonds is 5. The lowest BCUT2D eigenvalue weighted by molar-refractivity contribution is -0.138. The minimum atomic E-state index is -0.608. The fraction of sp³-hybridized carbons (Fsp3) is 0.259. The fourth-order valence-corrected chi connectivity index (χ4v) is 4.56. The summed E-state index contributed by atoms with van der Waals surface area (Å²) in [6.45, 7) is 1.03. The first-order valence-electron chi connectivity index (χ1n) is 10.7. The van der Waals surface area contributed by atoms with E-state index in [1.165, 1.54) is 0 Å². The first-order chi connectivity index (χ1) is 15.0. The average molecular weight is 413 g/mol. The molecule has 4 rings (SSSR count). The van der Waals surface area contributed by atoms with Crippen LogP contribution in [-0.2, 0) is 11.2 Å². The molecule has 2 amide bonds. The van der Waals surface area contributed by atoms with Crippen molar-refractivity contribution in [3.8, 4) is 11.1 Å². The Morgan fingerprint density at radius 3 is 2.19 bits per heavy atom. The lowest BCUT2D eigenvalue weighted by atomic mass is 9.79. The Morgan fingerprint density at radius 2 is 1.52 bits per heavy atom. The van der Waals surface area contributed by atoms with Crippen LogP contribution in [0.25, 0.3) is 11.1 Å². The monoisotopic (exact) mass is 412 g/mol. The zero-order valence-electron chi connectivity index (χ0n) is 18.1. The molecule has 3 aromatic rings. The number of carbonyl (C=O) groups is 2. The summed E-state index contributed by atoms with van der Waals surface area (Å²) in [5.41, 5.74) is 3.47. The van der Waals surface area contributed by atoms with Gasteiger partial charge in [0.05, 0.1) is 5.41 Å². The van der Waals surface area contributed by atoms with Gasteiger partial charge in [0.2, 0.25) is 5.91 Å². The summed E-state index contributed by atoms with van der Waals surface area (Å²) in [5, 5.41) is 0. The first-order valence-corrected chi connectivity index (χ1v) is 10.7. The van der Waals surface area contributed by atoms with Gasteiger partial charge in [-0.05, 0) is 41.7 Å². The lowest BCUT2D eigenvalue weighted by Gasteiger charge is -2.31. The Kier molecular flexibility index (Phi) is 5.90. The minimum Gasteiger partial charge on any atom is -0.348 e. The van der Waals surface area contributed by atoms with E-state index in [9.17, 15) is 9.59 Å². The van der Waals surface area contributed by atoms with E-state index in [4.69, 9.17) is 0 Å². The van der Waals surface area contributed by atoms with Gasteiger partial charge in [0.25, 0.3) is 5.91 Å². The third-order valence-corrected chi connectivity index (χ3v) is 6.10. The summed E-state index contributed by atoms with van der Waals surface area (Å²) in [6, 6.07) is 28.0. The third kappa shape index (κ3) is 4.38. The van der Waals surface area contributed by atoms with E-state index in [1.54, 1.807) is 19.0 Å². The Morgan fingerprint density at radius 1 is 0.871 bits per heavy atom. The van der Waals surface area contributed by atoms with Gasteiger partial charge in [-0.3, -0.25) is 9.59 Å². The van der Waals surface area contributed by atoms with Crippen LogP contribution >= 0.6 is 0 Å². The van der Waals surface area contributed by atoms with E-state index in [0.717, 1.165) is 16.7 Å². The maximum Gasteiger partial charge on any atom is 0.253 e. The molecule has 1 fully saturated rings. The molecule has 0 N–H and O–H groups in total. The molecule has 0 aliphatic carbocycles. The molecule has 1 aliphatic heterocycles. The largest absolute Gasteiger partial charge is 0.348 e. The molecule has 0 radical (unpaired) electrons. The van der Waals surface area contributed by atoms with Crippen molar-refractivity contribution in [1.82, 2.24) is 9.80 Å². The molecule has 0 spiro atoms. The number of hydrogen-bond acceptors (Lipinski definition) is 2. The van der Waals surface area contributed by atoms with Crippen LogP contribution in [0.15, 0.2) is 84.9 Å². The van der Waals surface area contributed by atoms with E-state index >= 15 is 0 Å². The topological polar surface area (TPSA) is 40.6 Å². The zero-order chi connectivity index (χ0) is 21.8. The van der Waals surface area contributed by atoms with Crippen molar-refractivity contribution in [3.05, 3.63) is 96.1 Å². The molecule has 0 unspecified atom stereocenters. The molecule has 1 atom stereocenters. The average Bonchev–Trinajstić information content (AvgIpc) is 3.24. The molecule has 31 heavy (non-hydrogen) atoms. The molecule has 4 heteroatoms. The van der Waals surface area contributed by atoms with Crippen LogP contribution in [0.1, 0.15) is 22.3 Å². The predicted octanol–water partition coefficient (Wildman–Crippen LogP) is 4.52. The van der Waals surface area contributed by atoms with Gasteiger partial charge in [0.15, 0.2) is 0 Å². The number of benzene rings is 3. The van der Waals surface area contributed by atoms with Crippen LogP contribution in [0.2, 0.25) is 0 Å². The molecule has 1 aliphatic rings. The second-order valence-electron chi connectivity index (χ2n) is 8.57. The normalized spacial score (nSPS) is 18.1. The van der Waals surface area contributed by atoms with Gasteiger partial charge in [0, 0.05) is 32.7 Å². The van der Waals surface area contributed by atoms with E-state index in [1.807, 2.05) is 59.5 Å². The van der Waals surface area contributed by atoms with Crippen molar-refractivity contribution in [3.63, 3.8) is 0 Å². The smallest absolute Gasteiger partial charge is 0.253 e. The number of nitrogens with zero attached hydrogens (tertiary/aromatic N) is 2. The summed E-state index contributed by atoms with van der Waals surface area (Å²) in [5.74, 6) is 0.0769. The Bertz CT molecular complexity index is 1060. The highest BCUT2D eigenvalue weighted by Crippen LogP contribution is 2.37. The molecular weight excluding hydrogens is 384 g/mol. The molecule has 158 valence electrons. The van der Waals surface area contributed by atoms with Gasteiger partial charge in [-0.2, -0.15) is 0 Å². The van der Waals surface area contributed by atoms with Crippen LogP contribution in [0.3, 0.4) is 0 Å². The molecule has 3 aromatic carbocycles. The fourth-order valence-electron chi connectivity index (χ4n) is 4.56. The van der Waals surface area contributed by atoms with Gasteiger partial charge in [0.1, 0.15) is 0 Å². The van der Waals surface area contributed by atoms with E-state index < -0.39 is 5.41 Å². The second kappa shape index (κ2) is 8.76. The van der Waals surface area contributed by atoms with Gasteiger partial charge >= 0.3 is 0 Å². The molecule has 1 heterocycles. The quantitative estimate of drug-likeness (QED) is 0.618. The molecule has 0 saturated carbocycles. The third-order valence-electron chi connectivity index (χ3n) is 6.10. The first kappa shape index (κ1) is 20.9. The molecule has 0 bridgehead atoms. The van der Waals surface area contributed by atoms with E-state index in [2.05, 4.69) is 30.3 Å². The Labute approximate surface area is 184 Å². The highest BCUT2D eigenvalue weighted by molar-refractivity contribution is 5.95. The van der Waals surface area contributed by atoms with Gasteiger partial charge in [-0.25, -0.2) is 0 Å². The summed E-state index contributed by atoms with van der Waals surface area (Å²) in [7, 11) is 3.60. The highest BCUT2D eigenvalue weighted by Gasteiger charge is 2.46. The molecule has 4 nitrogen and oxygen atoms in total. The van der Waals surface area contributed by atoms with Gasteiger partial charge in [-0.1, -0.05) is 72.8 Å².